The maximum Gasteiger partial charge on any atom is 0.407 e. The summed E-state index contributed by atoms with van der Waals surface area (Å²) in [6.07, 6.45) is 0.365. The first kappa shape index (κ1) is 10.2. The normalized spacial score (nSPS) is 15.7. The van der Waals surface area contributed by atoms with E-state index in [1.165, 1.54) is 4.90 Å². The molecule has 0 bridgehead atoms. The Bertz CT molecular complexity index is 397. The number of carboxylic acid groups (broad SMARTS) is 1. The summed E-state index contributed by atoms with van der Waals surface area (Å²) in [5, 5.41) is 16.9. The fraction of sp³-hybridized carbons (Fsp3) is 0.444. The van der Waals surface area contributed by atoms with Gasteiger partial charge in [0.1, 0.15) is 0 Å². The van der Waals surface area contributed by atoms with Gasteiger partial charge in [0.25, 0.3) is 0 Å². The van der Waals surface area contributed by atoms with Gasteiger partial charge in [-0.1, -0.05) is 11.6 Å². The number of halogens is 1. The van der Waals surface area contributed by atoms with Gasteiger partial charge >= 0.3 is 6.09 Å². The molecular formula is C9H10ClN3O2. The molecule has 1 aromatic rings. The molecule has 0 radical (unpaired) electrons. The van der Waals surface area contributed by atoms with Gasteiger partial charge in [-0.05, 0) is 18.1 Å². The van der Waals surface area contributed by atoms with Crippen molar-refractivity contribution in [3.63, 3.8) is 0 Å². The third-order valence-corrected chi connectivity index (χ3v) is 2.66. The van der Waals surface area contributed by atoms with E-state index < -0.39 is 6.09 Å². The van der Waals surface area contributed by atoms with Gasteiger partial charge in [-0.15, -0.1) is 5.10 Å². The Hall–Kier alpha value is -1.36. The van der Waals surface area contributed by atoms with Crippen molar-refractivity contribution in [1.29, 1.82) is 0 Å². The minimum absolute atomic E-state index is 0.359. The number of rotatable bonds is 0. The number of hydrogen-bond acceptors (Lipinski definition) is 3. The molecule has 5 nitrogen and oxygen atoms in total. The van der Waals surface area contributed by atoms with E-state index in [1.54, 1.807) is 6.07 Å². The van der Waals surface area contributed by atoms with Crippen molar-refractivity contribution in [2.24, 2.45) is 0 Å². The average molecular weight is 228 g/mol. The van der Waals surface area contributed by atoms with Crippen LogP contribution in [0.4, 0.5) is 4.79 Å². The van der Waals surface area contributed by atoms with Gasteiger partial charge < -0.3 is 10.0 Å². The molecule has 0 saturated heterocycles. The van der Waals surface area contributed by atoms with Gasteiger partial charge in [0.15, 0.2) is 5.15 Å². The molecule has 80 valence electrons. The SMILES string of the molecule is O=C(O)N1CCc2cc(Cl)nnc2CC1. The number of amides is 1. The zero-order valence-corrected chi connectivity index (χ0v) is 8.74. The standard InChI is InChI=1S/C9H10ClN3O2/c10-8-5-6-1-3-13(9(14)15)4-2-7(6)11-12-8/h5H,1-4H2,(H,14,15). The lowest BCUT2D eigenvalue weighted by atomic mass is 10.1. The van der Waals surface area contributed by atoms with E-state index in [0.29, 0.717) is 31.1 Å². The first-order chi connectivity index (χ1) is 7.16. The maximum atomic E-state index is 10.8. The van der Waals surface area contributed by atoms with E-state index in [4.69, 9.17) is 16.7 Å². The minimum atomic E-state index is -0.887. The molecule has 0 aromatic carbocycles. The van der Waals surface area contributed by atoms with Crippen LogP contribution in [-0.2, 0) is 12.8 Å². The number of aromatic nitrogens is 2. The number of hydrogen-bond donors (Lipinski definition) is 1. The van der Waals surface area contributed by atoms with Crippen LogP contribution in [0.15, 0.2) is 6.07 Å². The molecule has 1 aromatic heterocycles. The summed E-state index contributed by atoms with van der Waals surface area (Å²) in [7, 11) is 0. The Balaban J connectivity index is 2.21. The summed E-state index contributed by atoms with van der Waals surface area (Å²) >= 11 is 5.73. The third kappa shape index (κ3) is 2.18. The first-order valence-corrected chi connectivity index (χ1v) is 5.03. The van der Waals surface area contributed by atoms with Gasteiger partial charge in [0.05, 0.1) is 5.69 Å². The number of nitrogens with zero attached hydrogens (tertiary/aromatic N) is 3. The van der Waals surface area contributed by atoms with E-state index in [2.05, 4.69) is 10.2 Å². The van der Waals surface area contributed by atoms with Gasteiger partial charge in [0.2, 0.25) is 0 Å². The Morgan fingerprint density at radius 2 is 2.13 bits per heavy atom. The molecule has 15 heavy (non-hydrogen) atoms. The van der Waals surface area contributed by atoms with Crippen LogP contribution < -0.4 is 0 Å². The van der Waals surface area contributed by atoms with Crippen LogP contribution in [0.2, 0.25) is 5.15 Å². The first-order valence-electron chi connectivity index (χ1n) is 4.65. The lowest BCUT2D eigenvalue weighted by molar-refractivity contribution is 0.147. The fourth-order valence-corrected chi connectivity index (χ4v) is 1.82. The highest BCUT2D eigenvalue weighted by molar-refractivity contribution is 6.29. The van der Waals surface area contributed by atoms with Crippen molar-refractivity contribution in [2.45, 2.75) is 12.8 Å². The second-order valence-corrected chi connectivity index (χ2v) is 3.80. The predicted octanol–water partition coefficient (Wildman–Crippen LogP) is 1.21. The van der Waals surface area contributed by atoms with Gasteiger partial charge in [-0.25, -0.2) is 4.79 Å². The second kappa shape index (κ2) is 4.02. The van der Waals surface area contributed by atoms with Crippen molar-refractivity contribution in [3.8, 4) is 0 Å². The van der Waals surface area contributed by atoms with Crippen molar-refractivity contribution in [2.75, 3.05) is 13.1 Å². The van der Waals surface area contributed by atoms with Crippen LogP contribution in [0.5, 0.6) is 0 Å². The molecule has 1 aliphatic rings. The van der Waals surface area contributed by atoms with E-state index >= 15 is 0 Å². The topological polar surface area (TPSA) is 66.3 Å². The number of fused-ring (bicyclic) bond motifs is 1. The summed E-state index contributed by atoms with van der Waals surface area (Å²) < 4.78 is 0. The summed E-state index contributed by atoms with van der Waals surface area (Å²) in [5.74, 6) is 0. The van der Waals surface area contributed by atoms with Crippen LogP contribution in [0.1, 0.15) is 11.3 Å². The monoisotopic (exact) mass is 227 g/mol. The van der Waals surface area contributed by atoms with Gasteiger partial charge in [0, 0.05) is 19.5 Å². The molecule has 0 aliphatic carbocycles. The van der Waals surface area contributed by atoms with Crippen LogP contribution in [-0.4, -0.2) is 39.4 Å². The highest BCUT2D eigenvalue weighted by Crippen LogP contribution is 2.16. The zero-order chi connectivity index (χ0) is 10.8. The molecule has 0 atom stereocenters. The molecule has 1 aliphatic heterocycles. The largest absolute Gasteiger partial charge is 0.465 e. The highest BCUT2D eigenvalue weighted by Gasteiger charge is 2.18. The van der Waals surface area contributed by atoms with E-state index in [1.807, 2.05) is 0 Å². The van der Waals surface area contributed by atoms with E-state index in [-0.39, 0.29) is 0 Å². The summed E-state index contributed by atoms with van der Waals surface area (Å²) in [4.78, 5) is 12.2. The maximum absolute atomic E-state index is 10.8. The molecule has 0 unspecified atom stereocenters. The van der Waals surface area contributed by atoms with Crippen molar-refractivity contribution >= 4 is 17.7 Å². The van der Waals surface area contributed by atoms with E-state index in [0.717, 1.165) is 11.3 Å². The Labute approximate surface area is 91.7 Å². The molecule has 2 rings (SSSR count). The van der Waals surface area contributed by atoms with E-state index in [9.17, 15) is 4.79 Å². The van der Waals surface area contributed by atoms with Crippen LogP contribution in [0.3, 0.4) is 0 Å². The van der Waals surface area contributed by atoms with Crippen LogP contribution >= 0.6 is 11.6 Å². The Morgan fingerprint density at radius 3 is 2.87 bits per heavy atom. The second-order valence-electron chi connectivity index (χ2n) is 3.41. The van der Waals surface area contributed by atoms with Crippen molar-refractivity contribution in [1.82, 2.24) is 15.1 Å². The molecule has 6 heteroatoms. The molecule has 2 heterocycles. The summed E-state index contributed by atoms with van der Waals surface area (Å²) in [6, 6.07) is 1.76. The molecule has 1 amide bonds. The molecular weight excluding hydrogens is 218 g/mol. The smallest absolute Gasteiger partial charge is 0.407 e. The zero-order valence-electron chi connectivity index (χ0n) is 7.98. The quantitative estimate of drug-likeness (QED) is 0.724. The highest BCUT2D eigenvalue weighted by atomic mass is 35.5. The van der Waals surface area contributed by atoms with Gasteiger partial charge in [-0.2, -0.15) is 5.10 Å². The summed E-state index contributed by atoms with van der Waals surface area (Å²) in [5.41, 5.74) is 1.85. The summed E-state index contributed by atoms with van der Waals surface area (Å²) in [6.45, 7) is 0.961. The van der Waals surface area contributed by atoms with Crippen LogP contribution in [0, 0.1) is 0 Å². The van der Waals surface area contributed by atoms with Crippen molar-refractivity contribution in [3.05, 3.63) is 22.5 Å². The minimum Gasteiger partial charge on any atom is -0.465 e. The fourth-order valence-electron chi connectivity index (χ4n) is 1.65. The molecule has 1 N–H and O–H groups in total. The van der Waals surface area contributed by atoms with Crippen molar-refractivity contribution < 1.29 is 9.90 Å². The lowest BCUT2D eigenvalue weighted by Crippen LogP contribution is -2.31. The number of carbonyl (C=O) groups is 1. The van der Waals surface area contributed by atoms with Crippen LogP contribution in [0.25, 0.3) is 0 Å². The predicted molar refractivity (Wildman–Crippen MR) is 54.0 cm³/mol. The molecule has 0 spiro atoms. The lowest BCUT2D eigenvalue weighted by Gasteiger charge is -2.14. The van der Waals surface area contributed by atoms with Gasteiger partial charge in [-0.3, -0.25) is 0 Å². The Kier molecular flexibility index (Phi) is 2.73. The Morgan fingerprint density at radius 1 is 1.40 bits per heavy atom. The molecule has 0 saturated carbocycles. The average Bonchev–Trinajstić information content (AvgIpc) is 2.39. The third-order valence-electron chi connectivity index (χ3n) is 2.47. The molecule has 0 fully saturated rings.